The fraction of sp³-hybridized carbons (Fsp3) is 0.700. The lowest BCUT2D eigenvalue weighted by molar-refractivity contribution is 0.0929. The summed E-state index contributed by atoms with van der Waals surface area (Å²) in [7, 11) is 0. The lowest BCUT2D eigenvalue weighted by Crippen LogP contribution is -2.28. The highest BCUT2D eigenvalue weighted by Crippen LogP contribution is 2.32. The van der Waals surface area contributed by atoms with Gasteiger partial charge < -0.3 is 9.84 Å². The van der Waals surface area contributed by atoms with Crippen molar-refractivity contribution in [1.29, 1.82) is 0 Å². The molecule has 1 saturated heterocycles. The van der Waals surface area contributed by atoms with E-state index in [1.807, 2.05) is 6.92 Å². The quantitative estimate of drug-likeness (QED) is 0.825. The Labute approximate surface area is 87.7 Å². The molecule has 1 unspecified atom stereocenters. The van der Waals surface area contributed by atoms with Crippen LogP contribution in [0.2, 0.25) is 0 Å². The zero-order chi connectivity index (χ0) is 10.0. The Balaban J connectivity index is 2.08. The van der Waals surface area contributed by atoms with E-state index in [-0.39, 0.29) is 12.0 Å². The van der Waals surface area contributed by atoms with Crippen LogP contribution in [0.4, 0.5) is 0 Å². The Kier molecular flexibility index (Phi) is 2.85. The highest BCUT2D eigenvalue weighted by atomic mass is 32.1. The van der Waals surface area contributed by atoms with E-state index in [0.717, 1.165) is 30.2 Å². The van der Waals surface area contributed by atoms with Crippen molar-refractivity contribution in [1.82, 2.24) is 4.98 Å². The zero-order valence-electron chi connectivity index (χ0n) is 8.32. The van der Waals surface area contributed by atoms with Gasteiger partial charge in [0.05, 0.1) is 23.9 Å². The maximum absolute atomic E-state index is 9.38. The molecule has 4 heteroatoms. The molecule has 1 aromatic rings. The number of hydrogen-bond acceptors (Lipinski definition) is 4. The van der Waals surface area contributed by atoms with Gasteiger partial charge in [-0.2, -0.15) is 0 Å². The molecule has 1 atom stereocenters. The summed E-state index contributed by atoms with van der Waals surface area (Å²) in [6, 6.07) is 0. The number of nitrogens with zero attached hydrogens (tertiary/aromatic N) is 1. The van der Waals surface area contributed by atoms with E-state index in [1.54, 1.807) is 11.3 Å². The number of aliphatic hydroxyl groups excluding tert-OH is 1. The molecular formula is C10H15NO2S. The standard InChI is InChI=1S/C10H15NO2S/c1-8-11-9(5-14-8)4-10(6-12)2-3-13-7-10/h5,12H,2-4,6-7H2,1H3. The minimum absolute atomic E-state index is 0.0689. The number of aryl methyl sites for hydroxylation is 1. The summed E-state index contributed by atoms with van der Waals surface area (Å²) in [5.74, 6) is 0. The van der Waals surface area contributed by atoms with Gasteiger partial charge in [-0.1, -0.05) is 0 Å². The molecule has 1 aromatic heterocycles. The van der Waals surface area contributed by atoms with Crippen LogP contribution in [-0.2, 0) is 11.2 Å². The van der Waals surface area contributed by atoms with Gasteiger partial charge in [0, 0.05) is 23.8 Å². The third-order valence-electron chi connectivity index (χ3n) is 2.74. The van der Waals surface area contributed by atoms with Crippen molar-refractivity contribution in [2.45, 2.75) is 19.8 Å². The Bertz CT molecular complexity index is 305. The van der Waals surface area contributed by atoms with Crippen LogP contribution in [0.3, 0.4) is 0 Å². The molecule has 0 saturated carbocycles. The first kappa shape index (κ1) is 10.1. The number of hydrogen-bond donors (Lipinski definition) is 1. The van der Waals surface area contributed by atoms with E-state index in [2.05, 4.69) is 10.4 Å². The SMILES string of the molecule is Cc1nc(CC2(CO)CCOC2)cs1. The molecule has 0 aliphatic carbocycles. The first-order chi connectivity index (χ1) is 6.74. The Morgan fingerprint density at radius 1 is 1.71 bits per heavy atom. The van der Waals surface area contributed by atoms with Crippen molar-refractivity contribution in [3.05, 3.63) is 16.1 Å². The van der Waals surface area contributed by atoms with Crippen LogP contribution in [0.15, 0.2) is 5.38 Å². The number of thiazole rings is 1. The number of aliphatic hydroxyl groups is 1. The molecule has 2 rings (SSSR count). The van der Waals surface area contributed by atoms with Crippen molar-refractivity contribution in [2.24, 2.45) is 5.41 Å². The molecule has 78 valence electrons. The molecular weight excluding hydrogens is 198 g/mol. The smallest absolute Gasteiger partial charge is 0.0897 e. The molecule has 0 bridgehead atoms. The summed E-state index contributed by atoms with van der Waals surface area (Å²) in [5.41, 5.74) is 1.02. The molecule has 1 aliphatic heterocycles. The Hall–Kier alpha value is -0.450. The molecule has 1 fully saturated rings. The lowest BCUT2D eigenvalue weighted by atomic mass is 9.84. The molecule has 3 nitrogen and oxygen atoms in total. The Morgan fingerprint density at radius 2 is 2.57 bits per heavy atom. The van der Waals surface area contributed by atoms with E-state index >= 15 is 0 Å². The van der Waals surface area contributed by atoms with E-state index < -0.39 is 0 Å². The van der Waals surface area contributed by atoms with Crippen LogP contribution in [0.5, 0.6) is 0 Å². The highest BCUT2D eigenvalue weighted by molar-refractivity contribution is 7.09. The molecule has 1 aliphatic rings. The van der Waals surface area contributed by atoms with Gasteiger partial charge in [-0.15, -0.1) is 11.3 Å². The van der Waals surface area contributed by atoms with E-state index in [1.165, 1.54) is 0 Å². The molecule has 1 N–H and O–H groups in total. The van der Waals surface area contributed by atoms with Crippen molar-refractivity contribution in [3.8, 4) is 0 Å². The monoisotopic (exact) mass is 213 g/mol. The molecule has 0 radical (unpaired) electrons. The van der Waals surface area contributed by atoms with Gasteiger partial charge in [-0.05, 0) is 13.3 Å². The summed E-state index contributed by atoms with van der Waals surface area (Å²) < 4.78 is 5.35. The van der Waals surface area contributed by atoms with Crippen LogP contribution in [0, 0.1) is 12.3 Å². The first-order valence-electron chi connectivity index (χ1n) is 4.84. The predicted molar refractivity (Wildman–Crippen MR) is 55.5 cm³/mol. The van der Waals surface area contributed by atoms with Crippen LogP contribution in [-0.4, -0.2) is 29.9 Å². The third-order valence-corrected chi connectivity index (χ3v) is 3.57. The zero-order valence-corrected chi connectivity index (χ0v) is 9.14. The van der Waals surface area contributed by atoms with Gasteiger partial charge in [0.2, 0.25) is 0 Å². The van der Waals surface area contributed by atoms with Crippen LogP contribution in [0.25, 0.3) is 0 Å². The first-order valence-corrected chi connectivity index (χ1v) is 5.72. The third kappa shape index (κ3) is 1.97. The second-order valence-corrected chi connectivity index (χ2v) is 5.06. The van der Waals surface area contributed by atoms with Crippen molar-refractivity contribution in [3.63, 3.8) is 0 Å². The minimum Gasteiger partial charge on any atom is -0.396 e. The van der Waals surface area contributed by atoms with Gasteiger partial charge in [0.1, 0.15) is 0 Å². The fourth-order valence-electron chi connectivity index (χ4n) is 1.84. The van der Waals surface area contributed by atoms with Crippen LogP contribution >= 0.6 is 11.3 Å². The highest BCUT2D eigenvalue weighted by Gasteiger charge is 2.35. The molecule has 0 aromatic carbocycles. The van der Waals surface area contributed by atoms with Gasteiger partial charge in [0.25, 0.3) is 0 Å². The van der Waals surface area contributed by atoms with Crippen LogP contribution in [0.1, 0.15) is 17.1 Å². The largest absolute Gasteiger partial charge is 0.396 e. The molecule has 2 heterocycles. The summed E-state index contributed by atoms with van der Waals surface area (Å²) in [6.07, 6.45) is 1.79. The number of ether oxygens (including phenoxy) is 1. The second-order valence-electron chi connectivity index (χ2n) is 4.00. The second kappa shape index (κ2) is 3.96. The summed E-state index contributed by atoms with van der Waals surface area (Å²) in [6.45, 7) is 3.64. The van der Waals surface area contributed by atoms with Crippen LogP contribution < -0.4 is 0 Å². The minimum atomic E-state index is -0.0689. The number of aromatic nitrogens is 1. The maximum Gasteiger partial charge on any atom is 0.0897 e. The molecule has 0 amide bonds. The van der Waals surface area contributed by atoms with E-state index in [4.69, 9.17) is 4.74 Å². The number of rotatable bonds is 3. The summed E-state index contributed by atoms with van der Waals surface area (Å²) in [5, 5.41) is 12.5. The molecule has 14 heavy (non-hydrogen) atoms. The normalized spacial score (nSPS) is 27.0. The Morgan fingerprint density at radius 3 is 3.07 bits per heavy atom. The summed E-state index contributed by atoms with van der Waals surface area (Å²) >= 11 is 1.66. The van der Waals surface area contributed by atoms with E-state index in [0.29, 0.717) is 6.61 Å². The van der Waals surface area contributed by atoms with Crippen molar-refractivity contribution < 1.29 is 9.84 Å². The van der Waals surface area contributed by atoms with Gasteiger partial charge in [0.15, 0.2) is 0 Å². The molecule has 0 spiro atoms. The van der Waals surface area contributed by atoms with Crippen molar-refractivity contribution in [2.75, 3.05) is 19.8 Å². The topological polar surface area (TPSA) is 42.4 Å². The maximum atomic E-state index is 9.38. The van der Waals surface area contributed by atoms with Gasteiger partial charge >= 0.3 is 0 Å². The van der Waals surface area contributed by atoms with E-state index in [9.17, 15) is 5.11 Å². The average molecular weight is 213 g/mol. The fourth-order valence-corrected chi connectivity index (χ4v) is 2.46. The predicted octanol–water partition coefficient (Wildman–Crippen LogP) is 1.39. The lowest BCUT2D eigenvalue weighted by Gasteiger charge is -2.23. The van der Waals surface area contributed by atoms with Gasteiger partial charge in [-0.3, -0.25) is 0 Å². The summed E-state index contributed by atoms with van der Waals surface area (Å²) in [4.78, 5) is 4.42. The van der Waals surface area contributed by atoms with Crippen molar-refractivity contribution >= 4 is 11.3 Å². The average Bonchev–Trinajstić information content (AvgIpc) is 2.77. The van der Waals surface area contributed by atoms with Gasteiger partial charge in [-0.25, -0.2) is 4.98 Å².